The van der Waals surface area contributed by atoms with E-state index in [-0.39, 0.29) is 27.7 Å². The molecular formula is C57H80BN2O. The van der Waals surface area contributed by atoms with E-state index in [4.69, 9.17) is 4.42 Å². The Labute approximate surface area is 373 Å². The molecule has 0 saturated heterocycles. The first-order valence-corrected chi connectivity index (χ1v) is 24.0. The van der Waals surface area contributed by atoms with E-state index in [2.05, 4.69) is 180 Å². The number of hydrogen-bond donors (Lipinski definition) is 1. The van der Waals surface area contributed by atoms with Crippen molar-refractivity contribution in [1.82, 2.24) is 4.90 Å². The maximum absolute atomic E-state index is 6.40. The molecule has 1 N–H and O–H groups in total. The molecule has 2 aromatic carbocycles. The summed E-state index contributed by atoms with van der Waals surface area (Å²) >= 11 is 0. The molecule has 7 rings (SSSR count). The van der Waals surface area contributed by atoms with E-state index in [1.165, 1.54) is 96.9 Å². The Morgan fingerprint density at radius 3 is 2.16 bits per heavy atom. The first-order valence-electron chi connectivity index (χ1n) is 24.0. The van der Waals surface area contributed by atoms with Gasteiger partial charge in [-0.3, -0.25) is 0 Å². The number of rotatable bonds is 20. The number of hydrogen-bond acceptors (Lipinski definition) is 3. The Balaban J connectivity index is 1.41. The fourth-order valence-corrected chi connectivity index (χ4v) is 10.6. The molecule has 4 aliphatic rings. The molecule has 0 aliphatic heterocycles. The van der Waals surface area contributed by atoms with Gasteiger partial charge in [0.25, 0.3) is 0 Å². The van der Waals surface area contributed by atoms with E-state index < -0.39 is 0 Å². The van der Waals surface area contributed by atoms with Crippen LogP contribution in [0.3, 0.4) is 0 Å². The number of nitrogens with one attached hydrogen (secondary N) is 1. The van der Waals surface area contributed by atoms with Crippen LogP contribution in [0.5, 0.6) is 0 Å². The number of nitrogens with zero attached hydrogens (tertiary/aromatic N) is 1. The summed E-state index contributed by atoms with van der Waals surface area (Å²) in [6.45, 7) is 34.6. The second-order valence-electron chi connectivity index (χ2n) is 21.5. The first-order chi connectivity index (χ1) is 29.0. The zero-order valence-electron chi connectivity index (χ0n) is 40.2. The molecule has 3 unspecified atom stereocenters. The maximum atomic E-state index is 6.40. The molecule has 1 radical (unpaired) electrons. The van der Waals surface area contributed by atoms with Gasteiger partial charge in [-0.05, 0) is 168 Å². The Morgan fingerprint density at radius 2 is 1.54 bits per heavy atom. The van der Waals surface area contributed by atoms with Gasteiger partial charge in [0.05, 0.1) is 6.26 Å². The highest BCUT2D eigenvalue weighted by Crippen LogP contribution is 2.57. The summed E-state index contributed by atoms with van der Waals surface area (Å²) < 4.78 is 6.40. The van der Waals surface area contributed by atoms with Crippen molar-refractivity contribution in [2.75, 3.05) is 5.32 Å². The van der Waals surface area contributed by atoms with Gasteiger partial charge in [0, 0.05) is 34.7 Å². The highest BCUT2D eigenvalue weighted by Gasteiger charge is 2.48. The molecule has 3 atom stereocenters. The van der Waals surface area contributed by atoms with Crippen molar-refractivity contribution in [3.05, 3.63) is 132 Å². The molecule has 1 fully saturated rings. The summed E-state index contributed by atoms with van der Waals surface area (Å²) in [4.78, 5) is 2.44. The Kier molecular flexibility index (Phi) is 14.7. The molecule has 61 heavy (non-hydrogen) atoms. The van der Waals surface area contributed by atoms with Crippen LogP contribution in [0.4, 0.5) is 5.69 Å². The van der Waals surface area contributed by atoms with Crippen molar-refractivity contribution in [1.29, 1.82) is 0 Å². The SMILES string of the molecule is C=CCC(/C=C/N(/C(=C\[B]c1coc2cc3c(cc12)C1(C)CCC3(C)CC1)CC(C=C)C(C)CCCC)C(/C=C\CC(C)C)=C/C)Nc1ccc2c(c1)C(C)(C)CCC2(C)C. The Morgan fingerprint density at radius 1 is 0.869 bits per heavy atom. The van der Waals surface area contributed by atoms with Crippen LogP contribution in [-0.2, 0) is 21.7 Å². The topological polar surface area (TPSA) is 28.4 Å². The highest BCUT2D eigenvalue weighted by molar-refractivity contribution is 6.61. The zero-order valence-corrected chi connectivity index (χ0v) is 40.2. The molecular weight excluding hydrogens is 739 g/mol. The van der Waals surface area contributed by atoms with Crippen molar-refractivity contribution in [3.8, 4) is 0 Å². The molecule has 1 aromatic heterocycles. The van der Waals surface area contributed by atoms with Crippen LogP contribution in [0.1, 0.15) is 175 Å². The molecule has 0 spiro atoms. The molecule has 0 amide bonds. The van der Waals surface area contributed by atoms with Crippen molar-refractivity contribution in [3.63, 3.8) is 0 Å². The zero-order chi connectivity index (χ0) is 44.2. The number of furan rings is 1. The van der Waals surface area contributed by atoms with Gasteiger partial charge in [-0.2, -0.15) is 0 Å². The van der Waals surface area contributed by atoms with Crippen molar-refractivity contribution >= 4 is 29.4 Å². The predicted molar refractivity (Wildman–Crippen MR) is 267 cm³/mol. The van der Waals surface area contributed by atoms with Crippen LogP contribution in [0.2, 0.25) is 0 Å². The van der Waals surface area contributed by atoms with Gasteiger partial charge in [-0.15, -0.1) is 13.2 Å². The second kappa shape index (κ2) is 19.2. The molecule has 4 aliphatic carbocycles. The van der Waals surface area contributed by atoms with Crippen molar-refractivity contribution < 1.29 is 4.42 Å². The molecule has 3 aromatic rings. The molecule has 4 heteroatoms. The van der Waals surface area contributed by atoms with Gasteiger partial charge in [0.2, 0.25) is 0 Å². The third-order valence-electron chi connectivity index (χ3n) is 15.3. The molecule has 1 heterocycles. The van der Waals surface area contributed by atoms with E-state index in [9.17, 15) is 0 Å². The average Bonchev–Trinajstić information content (AvgIpc) is 3.63. The van der Waals surface area contributed by atoms with Gasteiger partial charge in [-0.25, -0.2) is 0 Å². The smallest absolute Gasteiger partial charge is 0.188 e. The van der Waals surface area contributed by atoms with Crippen LogP contribution in [0, 0.1) is 17.8 Å². The van der Waals surface area contributed by atoms with Gasteiger partial charge >= 0.3 is 0 Å². The standard InChI is InChI=1S/C57H80BN2O/c1-14-18-22-41(7)42(16-3)34-46(38-58-52-39-61-53-37-51-50(36-47(52)53)56(12)29-31-57(51,13)32-30-56)60(45(17-4)23-19-21-40(5)6)33-26-43(20-15-2)59-44-24-25-48-49(35-44)55(10,11)28-27-54(48,8)9/h15-17,19,23-26,33,35-43,59H,2-3,14,18,20-22,27-32,34H2,1,4-13H3/b23-19-,33-26+,45-17+,46-38-. The summed E-state index contributed by atoms with van der Waals surface area (Å²) in [5, 5.41) is 5.16. The summed E-state index contributed by atoms with van der Waals surface area (Å²) in [6, 6.07) is 12.0. The fourth-order valence-electron chi connectivity index (χ4n) is 10.6. The number of fused-ring (bicyclic) bond motifs is 4. The summed E-state index contributed by atoms with van der Waals surface area (Å²) in [7, 11) is 2.32. The summed E-state index contributed by atoms with van der Waals surface area (Å²) in [5.74, 6) is 3.80. The Hall–Kier alpha value is -3.92. The Bertz CT molecular complexity index is 2130. The third kappa shape index (κ3) is 10.3. The second-order valence-corrected chi connectivity index (χ2v) is 21.5. The lowest BCUT2D eigenvalue weighted by atomic mass is 9.52. The number of anilines is 1. The van der Waals surface area contributed by atoms with Crippen LogP contribution in [-0.4, -0.2) is 18.2 Å². The fraction of sp³-hybridized carbons (Fsp3) is 0.544. The minimum absolute atomic E-state index is 0.0574. The van der Waals surface area contributed by atoms with Crippen LogP contribution < -0.4 is 10.8 Å². The average molecular weight is 820 g/mol. The van der Waals surface area contributed by atoms with Crippen LogP contribution in [0.25, 0.3) is 11.0 Å². The summed E-state index contributed by atoms with van der Waals surface area (Å²) in [5.41, 5.74) is 12.6. The molecule has 2 bridgehead atoms. The number of unbranched alkanes of at least 4 members (excludes halogenated alkanes) is 1. The lowest BCUT2D eigenvalue weighted by Gasteiger charge is -2.52. The lowest BCUT2D eigenvalue weighted by molar-refractivity contribution is 0.188. The predicted octanol–water partition coefficient (Wildman–Crippen LogP) is 15.5. The largest absolute Gasteiger partial charge is 0.465 e. The van der Waals surface area contributed by atoms with Crippen molar-refractivity contribution in [2.24, 2.45) is 17.8 Å². The number of benzene rings is 2. The van der Waals surface area contributed by atoms with Crippen molar-refractivity contribution in [2.45, 2.75) is 181 Å². The lowest BCUT2D eigenvalue weighted by Crippen LogP contribution is -2.44. The minimum Gasteiger partial charge on any atom is -0.465 e. The maximum Gasteiger partial charge on any atom is 0.188 e. The van der Waals surface area contributed by atoms with Crippen LogP contribution >= 0.6 is 0 Å². The minimum atomic E-state index is 0.0574. The summed E-state index contributed by atoms with van der Waals surface area (Å²) in [6.07, 6.45) is 31.6. The molecule has 3 nitrogen and oxygen atoms in total. The quantitative estimate of drug-likeness (QED) is 0.0699. The first kappa shape index (κ1) is 46.6. The van der Waals surface area contributed by atoms with E-state index in [1.807, 2.05) is 12.3 Å². The van der Waals surface area contributed by atoms with E-state index >= 15 is 0 Å². The monoisotopic (exact) mass is 820 g/mol. The highest BCUT2D eigenvalue weighted by atomic mass is 16.3. The third-order valence-corrected chi connectivity index (χ3v) is 15.3. The normalized spacial score (nSPS) is 23.5. The van der Waals surface area contributed by atoms with Gasteiger partial charge in [-0.1, -0.05) is 125 Å². The van der Waals surface area contributed by atoms with Gasteiger partial charge in [0.15, 0.2) is 7.28 Å². The molecule has 327 valence electrons. The molecule has 1 saturated carbocycles. The van der Waals surface area contributed by atoms with Crippen LogP contribution in [0.15, 0.2) is 114 Å². The van der Waals surface area contributed by atoms with E-state index in [0.29, 0.717) is 17.8 Å². The van der Waals surface area contributed by atoms with E-state index in [1.54, 1.807) is 5.56 Å². The van der Waals surface area contributed by atoms with Gasteiger partial charge in [0.1, 0.15) is 5.58 Å². The van der Waals surface area contributed by atoms with Gasteiger partial charge < -0.3 is 14.6 Å². The number of allylic oxidation sites excluding steroid dienone is 5. The van der Waals surface area contributed by atoms with E-state index in [0.717, 1.165) is 30.3 Å².